The Balaban J connectivity index is 1.80. The van der Waals surface area contributed by atoms with E-state index in [4.69, 9.17) is 11.6 Å². The first-order chi connectivity index (χ1) is 17.1. The fourth-order valence-electron chi connectivity index (χ4n) is 3.97. The first kappa shape index (κ1) is 28.3. The molecule has 0 fully saturated rings. The average molecular weight is 555 g/mol. The average Bonchev–Trinajstić information content (AvgIpc) is 3.04. The normalized spacial score (nSPS) is 12.2. The van der Waals surface area contributed by atoms with Crippen molar-refractivity contribution in [3.05, 3.63) is 81.1 Å². The monoisotopic (exact) mass is 554 g/mol. The van der Waals surface area contributed by atoms with Crippen molar-refractivity contribution in [1.29, 1.82) is 0 Å². The molecule has 12 heteroatoms. The summed E-state index contributed by atoms with van der Waals surface area (Å²) in [5, 5.41) is 3.34. The second-order valence-corrected chi connectivity index (χ2v) is 11.0. The standard InChI is InChI=1S/C25H26ClF3N4O3S/c1-15-6-9-23(16(2)10-15)33-17(3)11-19(18(33)4)13-30-31-24(34)14-32(37(5,35)36)20-7-8-22(26)21(12-20)25(27,28)29/h6-13H,14H2,1-5H3,(H,31,34)/b30-13-. The highest BCUT2D eigenvalue weighted by Crippen LogP contribution is 2.37. The Labute approximate surface area is 218 Å². The Hall–Kier alpha value is -3.31. The van der Waals surface area contributed by atoms with Gasteiger partial charge in [0, 0.05) is 22.6 Å². The molecule has 3 aromatic rings. The smallest absolute Gasteiger partial charge is 0.318 e. The van der Waals surface area contributed by atoms with Crippen LogP contribution in [-0.2, 0) is 21.0 Å². The van der Waals surface area contributed by atoms with Crippen molar-refractivity contribution >= 4 is 39.4 Å². The van der Waals surface area contributed by atoms with Crippen LogP contribution >= 0.6 is 11.6 Å². The Bertz CT molecular complexity index is 1480. The van der Waals surface area contributed by atoms with E-state index in [0.29, 0.717) is 10.4 Å². The maximum absolute atomic E-state index is 13.2. The van der Waals surface area contributed by atoms with Gasteiger partial charge < -0.3 is 4.57 Å². The number of nitrogens with zero attached hydrogens (tertiary/aromatic N) is 3. The Morgan fingerprint density at radius 2 is 1.78 bits per heavy atom. The van der Waals surface area contributed by atoms with Gasteiger partial charge in [0.05, 0.1) is 28.7 Å². The van der Waals surface area contributed by atoms with E-state index in [1.807, 2.05) is 45.9 Å². The fourth-order valence-corrected chi connectivity index (χ4v) is 5.04. The van der Waals surface area contributed by atoms with Crippen molar-refractivity contribution < 1.29 is 26.4 Å². The van der Waals surface area contributed by atoms with Gasteiger partial charge in [-0.15, -0.1) is 0 Å². The molecule has 3 rings (SSSR count). The largest absolute Gasteiger partial charge is 0.417 e. The second kappa shape index (κ2) is 10.6. The molecule has 0 radical (unpaired) electrons. The minimum atomic E-state index is -4.80. The zero-order chi connectivity index (χ0) is 27.7. The fraction of sp³-hybridized carbons (Fsp3) is 0.280. The summed E-state index contributed by atoms with van der Waals surface area (Å²) in [5.41, 5.74) is 6.47. The highest BCUT2D eigenvalue weighted by molar-refractivity contribution is 7.92. The van der Waals surface area contributed by atoms with E-state index >= 15 is 0 Å². The number of anilines is 1. The van der Waals surface area contributed by atoms with Crippen LogP contribution in [0.3, 0.4) is 0 Å². The minimum absolute atomic E-state index is 0.352. The molecule has 37 heavy (non-hydrogen) atoms. The molecule has 0 atom stereocenters. The van der Waals surface area contributed by atoms with E-state index in [2.05, 4.69) is 21.2 Å². The molecule has 2 aromatic carbocycles. The van der Waals surface area contributed by atoms with Crippen molar-refractivity contribution in [2.24, 2.45) is 5.10 Å². The third kappa shape index (κ3) is 6.53. The Morgan fingerprint density at radius 1 is 1.11 bits per heavy atom. The van der Waals surface area contributed by atoms with Crippen molar-refractivity contribution in [2.45, 2.75) is 33.9 Å². The van der Waals surface area contributed by atoms with Crippen LogP contribution in [0.5, 0.6) is 0 Å². The van der Waals surface area contributed by atoms with Crippen LogP contribution in [0.25, 0.3) is 5.69 Å². The summed E-state index contributed by atoms with van der Waals surface area (Å²) in [6.07, 6.45) is -2.59. The number of halogens is 4. The summed E-state index contributed by atoms with van der Waals surface area (Å²) < 4.78 is 66.9. The molecule has 0 aliphatic carbocycles. The van der Waals surface area contributed by atoms with E-state index in [-0.39, 0.29) is 5.69 Å². The molecule has 1 aromatic heterocycles. The molecule has 1 amide bonds. The van der Waals surface area contributed by atoms with Gasteiger partial charge in [-0.05, 0) is 63.6 Å². The molecule has 0 aliphatic heterocycles. The van der Waals surface area contributed by atoms with Crippen molar-refractivity contribution in [3.63, 3.8) is 0 Å². The zero-order valence-electron chi connectivity index (χ0n) is 20.8. The number of nitrogens with one attached hydrogen (secondary N) is 1. The van der Waals surface area contributed by atoms with Gasteiger partial charge in [0.1, 0.15) is 6.54 Å². The lowest BCUT2D eigenvalue weighted by Crippen LogP contribution is -2.39. The molecule has 0 unspecified atom stereocenters. The first-order valence-corrected chi connectivity index (χ1v) is 13.2. The first-order valence-electron chi connectivity index (χ1n) is 11.0. The summed E-state index contributed by atoms with van der Waals surface area (Å²) in [7, 11) is -4.11. The number of carbonyl (C=O) groups is 1. The van der Waals surface area contributed by atoms with Crippen LogP contribution in [0.15, 0.2) is 47.6 Å². The molecule has 0 saturated heterocycles. The number of alkyl halides is 3. The minimum Gasteiger partial charge on any atom is -0.318 e. The van der Waals surface area contributed by atoms with Crippen molar-refractivity contribution in [1.82, 2.24) is 9.99 Å². The molecular formula is C25H26ClF3N4O3S. The summed E-state index contributed by atoms with van der Waals surface area (Å²) in [4.78, 5) is 12.5. The van der Waals surface area contributed by atoms with Gasteiger partial charge in [0.15, 0.2) is 0 Å². The van der Waals surface area contributed by atoms with Crippen molar-refractivity contribution in [3.8, 4) is 5.69 Å². The van der Waals surface area contributed by atoms with Crippen LogP contribution < -0.4 is 9.73 Å². The van der Waals surface area contributed by atoms with Gasteiger partial charge in [0.25, 0.3) is 5.91 Å². The maximum Gasteiger partial charge on any atom is 0.417 e. The zero-order valence-corrected chi connectivity index (χ0v) is 22.4. The highest BCUT2D eigenvalue weighted by atomic mass is 35.5. The van der Waals surface area contributed by atoms with E-state index in [0.717, 1.165) is 52.2 Å². The number of hydrogen-bond donors (Lipinski definition) is 1. The van der Waals surface area contributed by atoms with Crippen LogP contribution in [0.4, 0.5) is 18.9 Å². The third-order valence-corrected chi connectivity index (χ3v) is 7.16. The molecule has 1 N–H and O–H groups in total. The van der Waals surface area contributed by atoms with E-state index < -0.39 is 39.2 Å². The van der Waals surface area contributed by atoms with Gasteiger partial charge in [-0.25, -0.2) is 13.8 Å². The van der Waals surface area contributed by atoms with E-state index in [9.17, 15) is 26.4 Å². The number of rotatable bonds is 7. The summed E-state index contributed by atoms with van der Waals surface area (Å²) in [5.74, 6) is -0.839. The summed E-state index contributed by atoms with van der Waals surface area (Å²) in [6, 6.07) is 10.6. The lowest BCUT2D eigenvalue weighted by Gasteiger charge is -2.22. The topological polar surface area (TPSA) is 83.8 Å². The lowest BCUT2D eigenvalue weighted by molar-refractivity contribution is -0.137. The van der Waals surface area contributed by atoms with Crippen LogP contribution in [0, 0.1) is 27.7 Å². The Morgan fingerprint density at radius 3 is 2.38 bits per heavy atom. The van der Waals surface area contributed by atoms with Crippen LogP contribution in [0.1, 0.15) is 33.6 Å². The number of aryl methyl sites for hydroxylation is 3. The predicted octanol–water partition coefficient (Wildman–Crippen LogP) is 5.30. The number of benzene rings is 2. The van der Waals surface area contributed by atoms with E-state index in [1.165, 1.54) is 6.21 Å². The molecule has 198 valence electrons. The van der Waals surface area contributed by atoms with E-state index in [1.54, 1.807) is 0 Å². The van der Waals surface area contributed by atoms with Crippen LogP contribution in [0.2, 0.25) is 5.02 Å². The van der Waals surface area contributed by atoms with Gasteiger partial charge in [-0.2, -0.15) is 18.3 Å². The molecule has 0 bridgehead atoms. The van der Waals surface area contributed by atoms with Crippen molar-refractivity contribution in [2.75, 3.05) is 17.1 Å². The molecule has 0 spiro atoms. The lowest BCUT2D eigenvalue weighted by atomic mass is 10.1. The predicted molar refractivity (Wildman–Crippen MR) is 139 cm³/mol. The number of hydrazone groups is 1. The third-order valence-electron chi connectivity index (χ3n) is 5.69. The van der Waals surface area contributed by atoms with Crippen LogP contribution in [-0.4, -0.2) is 37.9 Å². The second-order valence-electron chi connectivity index (χ2n) is 8.68. The quantitative estimate of drug-likeness (QED) is 0.318. The van der Waals surface area contributed by atoms with Gasteiger partial charge >= 0.3 is 6.18 Å². The summed E-state index contributed by atoms with van der Waals surface area (Å²) >= 11 is 5.62. The SMILES string of the molecule is Cc1ccc(-n2c(C)cc(/C=N\NC(=O)CN(c3ccc(Cl)c(C(F)(F)F)c3)S(C)(=O)=O)c2C)c(C)c1. The number of hydrogen-bond acceptors (Lipinski definition) is 4. The number of amides is 1. The molecule has 0 saturated carbocycles. The summed E-state index contributed by atoms with van der Waals surface area (Å²) in [6.45, 7) is 7.09. The molecule has 7 nitrogen and oxygen atoms in total. The highest BCUT2D eigenvalue weighted by Gasteiger charge is 2.34. The molecule has 0 aliphatic rings. The number of carbonyl (C=O) groups excluding carboxylic acids is 1. The molecular weight excluding hydrogens is 529 g/mol. The Kier molecular flexibility index (Phi) is 8.09. The number of sulfonamides is 1. The maximum atomic E-state index is 13.2. The number of aromatic nitrogens is 1. The molecule has 1 heterocycles. The van der Waals surface area contributed by atoms with Gasteiger partial charge in [0.2, 0.25) is 10.0 Å². The van der Waals surface area contributed by atoms with Gasteiger partial charge in [-0.3, -0.25) is 9.10 Å². The van der Waals surface area contributed by atoms with Gasteiger partial charge in [-0.1, -0.05) is 29.3 Å².